The lowest BCUT2D eigenvalue weighted by Gasteiger charge is -2.12. The highest BCUT2D eigenvalue weighted by molar-refractivity contribution is 5.11. The zero-order valence-corrected chi connectivity index (χ0v) is 8.82. The summed E-state index contributed by atoms with van der Waals surface area (Å²) < 4.78 is 10.1. The third-order valence-corrected chi connectivity index (χ3v) is 2.41. The van der Waals surface area contributed by atoms with Crippen LogP contribution in [0.25, 0.3) is 0 Å². The van der Waals surface area contributed by atoms with Crippen molar-refractivity contribution in [2.45, 2.75) is 25.0 Å². The van der Waals surface area contributed by atoms with Gasteiger partial charge in [-0.2, -0.15) is 0 Å². The Morgan fingerprint density at radius 1 is 1.47 bits per heavy atom. The predicted molar refractivity (Wildman–Crippen MR) is 53.6 cm³/mol. The molecule has 0 amide bonds. The summed E-state index contributed by atoms with van der Waals surface area (Å²) in [5.41, 5.74) is 0.381. The monoisotopic (exact) mass is 210 g/mol. The Morgan fingerprint density at radius 2 is 2.13 bits per heavy atom. The molecule has 5 heteroatoms. The van der Waals surface area contributed by atoms with E-state index in [0.717, 1.165) is 18.7 Å². The van der Waals surface area contributed by atoms with Crippen molar-refractivity contribution in [3.8, 4) is 0 Å². The lowest BCUT2D eigenvalue weighted by Crippen LogP contribution is -2.16. The first-order chi connectivity index (χ1) is 7.24. The highest BCUT2D eigenvalue weighted by atomic mass is 16.7. The van der Waals surface area contributed by atoms with Crippen LogP contribution in [0.1, 0.15) is 36.6 Å². The van der Waals surface area contributed by atoms with Gasteiger partial charge in [-0.3, -0.25) is 4.79 Å². The van der Waals surface area contributed by atoms with E-state index in [1.165, 1.54) is 20.3 Å². The third-order valence-electron chi connectivity index (χ3n) is 2.41. The highest BCUT2D eigenvalue weighted by Crippen LogP contribution is 2.37. The second-order valence-electron chi connectivity index (χ2n) is 3.63. The SMILES string of the molecule is COC(OC)c1cc(=O)[nH]c(C2CC2)n1. The number of hydrogen-bond donors (Lipinski definition) is 1. The summed E-state index contributed by atoms with van der Waals surface area (Å²) in [5.74, 6) is 1.16. The molecule has 0 aliphatic heterocycles. The van der Waals surface area contributed by atoms with Crippen LogP contribution in [0.15, 0.2) is 10.9 Å². The average molecular weight is 210 g/mol. The quantitative estimate of drug-likeness (QED) is 0.751. The predicted octanol–water partition coefficient (Wildman–Crippen LogP) is 0.939. The minimum absolute atomic E-state index is 0.152. The molecule has 1 fully saturated rings. The molecular weight excluding hydrogens is 196 g/mol. The Balaban J connectivity index is 2.33. The van der Waals surface area contributed by atoms with E-state index in [4.69, 9.17) is 9.47 Å². The fraction of sp³-hybridized carbons (Fsp3) is 0.600. The molecule has 0 radical (unpaired) electrons. The first kappa shape index (κ1) is 10.3. The van der Waals surface area contributed by atoms with Crippen LogP contribution in [0.3, 0.4) is 0 Å². The van der Waals surface area contributed by atoms with Crippen molar-refractivity contribution in [1.82, 2.24) is 9.97 Å². The molecule has 1 N–H and O–H groups in total. The lowest BCUT2D eigenvalue weighted by molar-refractivity contribution is -0.108. The van der Waals surface area contributed by atoms with Gasteiger partial charge in [0, 0.05) is 26.2 Å². The standard InChI is InChI=1S/C10H14N2O3/c1-14-10(15-2)7-5-8(13)12-9(11-7)6-3-4-6/h5-6,10H,3-4H2,1-2H3,(H,11,12,13). The van der Waals surface area contributed by atoms with Crippen molar-refractivity contribution < 1.29 is 9.47 Å². The van der Waals surface area contributed by atoms with E-state index in [1.54, 1.807) is 0 Å². The summed E-state index contributed by atoms with van der Waals surface area (Å²) in [6.45, 7) is 0. The van der Waals surface area contributed by atoms with Crippen LogP contribution < -0.4 is 5.56 Å². The third kappa shape index (κ3) is 2.24. The van der Waals surface area contributed by atoms with Gasteiger partial charge in [-0.25, -0.2) is 4.98 Å². The van der Waals surface area contributed by atoms with Crippen LogP contribution in [-0.2, 0) is 9.47 Å². The average Bonchev–Trinajstić information content (AvgIpc) is 3.02. The molecule has 1 aromatic rings. The number of rotatable bonds is 4. The summed E-state index contributed by atoms with van der Waals surface area (Å²) in [4.78, 5) is 18.4. The molecule has 1 aliphatic rings. The van der Waals surface area contributed by atoms with E-state index in [2.05, 4.69) is 9.97 Å². The number of H-pyrrole nitrogens is 1. The van der Waals surface area contributed by atoms with Gasteiger partial charge in [0.05, 0.1) is 0 Å². The van der Waals surface area contributed by atoms with Gasteiger partial charge < -0.3 is 14.5 Å². The molecule has 82 valence electrons. The Hall–Kier alpha value is -1.20. The maximum Gasteiger partial charge on any atom is 0.251 e. The second-order valence-corrected chi connectivity index (χ2v) is 3.63. The van der Waals surface area contributed by atoms with Gasteiger partial charge in [0.15, 0.2) is 0 Å². The first-order valence-electron chi connectivity index (χ1n) is 4.91. The van der Waals surface area contributed by atoms with Crippen molar-refractivity contribution in [3.05, 3.63) is 27.9 Å². The second kappa shape index (κ2) is 4.12. The molecule has 0 spiro atoms. The van der Waals surface area contributed by atoms with Gasteiger partial charge in [-0.05, 0) is 12.8 Å². The molecule has 1 aromatic heterocycles. The Morgan fingerprint density at radius 3 is 2.67 bits per heavy atom. The molecule has 1 aliphatic carbocycles. The number of methoxy groups -OCH3 is 2. The van der Waals surface area contributed by atoms with Crippen LogP contribution in [0.4, 0.5) is 0 Å². The molecule has 5 nitrogen and oxygen atoms in total. The van der Waals surface area contributed by atoms with Crippen molar-refractivity contribution >= 4 is 0 Å². The van der Waals surface area contributed by atoms with Gasteiger partial charge in [0.2, 0.25) is 6.29 Å². The fourth-order valence-corrected chi connectivity index (χ4v) is 1.50. The van der Waals surface area contributed by atoms with Crippen molar-refractivity contribution in [2.24, 2.45) is 0 Å². The number of hydrogen-bond acceptors (Lipinski definition) is 4. The minimum Gasteiger partial charge on any atom is -0.350 e. The topological polar surface area (TPSA) is 64.2 Å². The van der Waals surface area contributed by atoms with Gasteiger partial charge >= 0.3 is 0 Å². The molecule has 1 heterocycles. The number of nitrogens with zero attached hydrogens (tertiary/aromatic N) is 1. The van der Waals surface area contributed by atoms with Gasteiger partial charge in [-0.15, -0.1) is 0 Å². The van der Waals surface area contributed by atoms with Gasteiger partial charge in [0.25, 0.3) is 5.56 Å². The van der Waals surface area contributed by atoms with Crippen molar-refractivity contribution in [1.29, 1.82) is 0 Å². The molecule has 15 heavy (non-hydrogen) atoms. The Labute approximate surface area is 87.4 Å². The van der Waals surface area contributed by atoms with E-state index >= 15 is 0 Å². The van der Waals surface area contributed by atoms with E-state index in [-0.39, 0.29) is 5.56 Å². The van der Waals surface area contributed by atoms with Crippen LogP contribution in [-0.4, -0.2) is 24.2 Å². The largest absolute Gasteiger partial charge is 0.350 e. The molecule has 0 atom stereocenters. The summed E-state index contributed by atoms with van der Waals surface area (Å²) in [7, 11) is 3.04. The maximum atomic E-state index is 11.4. The Kier molecular flexibility index (Phi) is 2.83. The number of aromatic nitrogens is 2. The van der Waals surface area contributed by atoms with Crippen molar-refractivity contribution in [3.63, 3.8) is 0 Å². The van der Waals surface area contributed by atoms with E-state index in [9.17, 15) is 4.79 Å². The number of aromatic amines is 1. The summed E-state index contributed by atoms with van der Waals surface area (Å²) >= 11 is 0. The lowest BCUT2D eigenvalue weighted by atomic mass is 10.3. The van der Waals surface area contributed by atoms with Crippen LogP contribution in [0.2, 0.25) is 0 Å². The van der Waals surface area contributed by atoms with E-state index in [0.29, 0.717) is 11.6 Å². The summed E-state index contributed by atoms with van der Waals surface area (Å²) in [6.07, 6.45) is 1.62. The summed E-state index contributed by atoms with van der Waals surface area (Å²) in [6, 6.07) is 1.41. The molecular formula is C10H14N2O3. The molecule has 1 saturated carbocycles. The zero-order valence-electron chi connectivity index (χ0n) is 8.82. The molecule has 0 bridgehead atoms. The highest BCUT2D eigenvalue weighted by Gasteiger charge is 2.27. The van der Waals surface area contributed by atoms with Crippen molar-refractivity contribution in [2.75, 3.05) is 14.2 Å². The zero-order chi connectivity index (χ0) is 10.8. The van der Waals surface area contributed by atoms with Crippen LogP contribution in [0, 0.1) is 0 Å². The van der Waals surface area contributed by atoms with E-state index < -0.39 is 6.29 Å². The summed E-state index contributed by atoms with van der Waals surface area (Å²) in [5, 5.41) is 0. The minimum atomic E-state index is -0.565. The van der Waals surface area contributed by atoms with Gasteiger partial charge in [0.1, 0.15) is 11.5 Å². The van der Waals surface area contributed by atoms with Crippen LogP contribution >= 0.6 is 0 Å². The van der Waals surface area contributed by atoms with Gasteiger partial charge in [-0.1, -0.05) is 0 Å². The molecule has 2 rings (SSSR count). The maximum absolute atomic E-state index is 11.4. The smallest absolute Gasteiger partial charge is 0.251 e. The Bertz CT molecular complexity index is 394. The van der Waals surface area contributed by atoms with E-state index in [1.807, 2.05) is 0 Å². The number of nitrogens with one attached hydrogen (secondary N) is 1. The normalized spacial score (nSPS) is 15.9. The van der Waals surface area contributed by atoms with Crippen LogP contribution in [0.5, 0.6) is 0 Å². The number of ether oxygens (including phenoxy) is 2. The fourth-order valence-electron chi connectivity index (χ4n) is 1.50. The molecule has 0 unspecified atom stereocenters. The molecule has 0 saturated heterocycles. The first-order valence-corrected chi connectivity index (χ1v) is 4.91. The molecule has 0 aromatic carbocycles.